The molecule has 0 bridgehead atoms. The van der Waals surface area contributed by atoms with Gasteiger partial charge in [0, 0.05) is 32.7 Å². The molecule has 0 fully saturated rings. The SMILES string of the molecule is COCCCNc1ncc(C(=O)Nc2ccccc2F)cn1. The highest BCUT2D eigenvalue weighted by Crippen LogP contribution is 2.13. The van der Waals surface area contributed by atoms with Crippen LogP contribution in [-0.2, 0) is 4.74 Å². The molecule has 1 amide bonds. The Bertz CT molecular complexity index is 619. The van der Waals surface area contributed by atoms with Gasteiger partial charge in [-0.1, -0.05) is 12.1 Å². The fraction of sp³-hybridized carbons (Fsp3) is 0.267. The Balaban J connectivity index is 1.92. The number of ether oxygens (including phenoxy) is 1. The third kappa shape index (κ3) is 4.49. The van der Waals surface area contributed by atoms with Gasteiger partial charge in [0.15, 0.2) is 0 Å². The van der Waals surface area contributed by atoms with Gasteiger partial charge in [-0.15, -0.1) is 0 Å². The third-order valence-electron chi connectivity index (χ3n) is 2.84. The molecule has 1 heterocycles. The Morgan fingerprint density at radius 2 is 2.00 bits per heavy atom. The van der Waals surface area contributed by atoms with Gasteiger partial charge in [0.2, 0.25) is 5.95 Å². The highest BCUT2D eigenvalue weighted by atomic mass is 19.1. The van der Waals surface area contributed by atoms with Crippen LogP contribution in [0.4, 0.5) is 16.0 Å². The Labute approximate surface area is 127 Å². The van der Waals surface area contributed by atoms with E-state index >= 15 is 0 Å². The van der Waals surface area contributed by atoms with Crippen LogP contribution in [-0.4, -0.2) is 36.1 Å². The summed E-state index contributed by atoms with van der Waals surface area (Å²) in [6.07, 6.45) is 3.61. The maximum absolute atomic E-state index is 13.5. The van der Waals surface area contributed by atoms with Crippen molar-refractivity contribution in [1.29, 1.82) is 0 Å². The standard InChI is InChI=1S/C15H17FN4O2/c1-22-8-4-7-17-15-18-9-11(10-19-15)14(21)20-13-6-3-2-5-12(13)16/h2-3,5-6,9-10H,4,7-8H2,1H3,(H,20,21)(H,17,18,19). The van der Waals surface area contributed by atoms with Crippen molar-refractivity contribution in [2.45, 2.75) is 6.42 Å². The number of methoxy groups -OCH3 is 1. The second-order valence-corrected chi connectivity index (χ2v) is 4.50. The van der Waals surface area contributed by atoms with Crippen molar-refractivity contribution in [2.75, 3.05) is 30.9 Å². The molecule has 0 saturated carbocycles. The molecule has 22 heavy (non-hydrogen) atoms. The monoisotopic (exact) mass is 304 g/mol. The first kappa shape index (κ1) is 15.8. The number of nitrogens with one attached hydrogen (secondary N) is 2. The highest BCUT2D eigenvalue weighted by Gasteiger charge is 2.10. The average Bonchev–Trinajstić information content (AvgIpc) is 2.54. The summed E-state index contributed by atoms with van der Waals surface area (Å²) in [5.41, 5.74) is 0.375. The number of benzene rings is 1. The summed E-state index contributed by atoms with van der Waals surface area (Å²) in [6.45, 7) is 1.32. The van der Waals surface area contributed by atoms with Crippen LogP contribution in [0.5, 0.6) is 0 Å². The maximum atomic E-state index is 13.5. The number of hydrogen-bond acceptors (Lipinski definition) is 5. The second kappa shape index (κ2) is 8.04. The second-order valence-electron chi connectivity index (χ2n) is 4.50. The van der Waals surface area contributed by atoms with E-state index in [2.05, 4.69) is 20.6 Å². The topological polar surface area (TPSA) is 76.1 Å². The van der Waals surface area contributed by atoms with Gasteiger partial charge in [-0.3, -0.25) is 4.79 Å². The molecule has 0 unspecified atom stereocenters. The van der Waals surface area contributed by atoms with Gasteiger partial charge in [-0.25, -0.2) is 14.4 Å². The summed E-state index contributed by atoms with van der Waals surface area (Å²) in [6, 6.07) is 5.96. The lowest BCUT2D eigenvalue weighted by molar-refractivity contribution is 0.102. The summed E-state index contributed by atoms with van der Waals surface area (Å²) in [5, 5.41) is 5.49. The summed E-state index contributed by atoms with van der Waals surface area (Å²) in [5.74, 6) is -0.525. The summed E-state index contributed by atoms with van der Waals surface area (Å²) in [7, 11) is 1.64. The number of carbonyl (C=O) groups excluding carboxylic acids is 1. The van der Waals surface area contributed by atoms with E-state index in [1.807, 2.05) is 0 Å². The number of carbonyl (C=O) groups is 1. The van der Waals surface area contributed by atoms with Gasteiger partial charge in [0.1, 0.15) is 5.82 Å². The van der Waals surface area contributed by atoms with Crippen LogP contribution in [0.3, 0.4) is 0 Å². The van der Waals surface area contributed by atoms with E-state index < -0.39 is 11.7 Å². The van der Waals surface area contributed by atoms with Crippen LogP contribution < -0.4 is 10.6 Å². The molecule has 116 valence electrons. The normalized spacial score (nSPS) is 10.3. The lowest BCUT2D eigenvalue weighted by Gasteiger charge is -2.07. The molecule has 0 saturated heterocycles. The van der Waals surface area contributed by atoms with Crippen molar-refractivity contribution in [2.24, 2.45) is 0 Å². The Morgan fingerprint density at radius 1 is 1.27 bits per heavy atom. The van der Waals surface area contributed by atoms with Crippen LogP contribution in [0.1, 0.15) is 16.8 Å². The van der Waals surface area contributed by atoms with Crippen molar-refractivity contribution in [3.8, 4) is 0 Å². The van der Waals surface area contributed by atoms with E-state index in [4.69, 9.17) is 4.74 Å². The average molecular weight is 304 g/mol. The van der Waals surface area contributed by atoms with E-state index in [-0.39, 0.29) is 11.3 Å². The van der Waals surface area contributed by atoms with E-state index in [1.54, 1.807) is 19.2 Å². The zero-order valence-electron chi connectivity index (χ0n) is 12.2. The Kier molecular flexibility index (Phi) is 5.79. The molecule has 0 atom stereocenters. The number of hydrogen-bond donors (Lipinski definition) is 2. The van der Waals surface area contributed by atoms with E-state index in [0.717, 1.165) is 6.42 Å². The van der Waals surface area contributed by atoms with Crippen LogP contribution in [0.2, 0.25) is 0 Å². The number of para-hydroxylation sites is 1. The minimum absolute atomic E-state index is 0.120. The lowest BCUT2D eigenvalue weighted by atomic mass is 10.2. The third-order valence-corrected chi connectivity index (χ3v) is 2.84. The van der Waals surface area contributed by atoms with Gasteiger partial charge >= 0.3 is 0 Å². The number of anilines is 2. The Morgan fingerprint density at radius 3 is 2.68 bits per heavy atom. The predicted octanol–water partition coefficient (Wildman–Crippen LogP) is 2.32. The molecule has 2 aromatic rings. The number of aromatic nitrogens is 2. The summed E-state index contributed by atoms with van der Waals surface area (Å²) in [4.78, 5) is 20.1. The zero-order valence-corrected chi connectivity index (χ0v) is 12.2. The van der Waals surface area contributed by atoms with Gasteiger partial charge in [-0.05, 0) is 18.6 Å². The lowest BCUT2D eigenvalue weighted by Crippen LogP contribution is -2.14. The first-order valence-electron chi connectivity index (χ1n) is 6.81. The minimum atomic E-state index is -0.492. The first-order valence-corrected chi connectivity index (χ1v) is 6.81. The quantitative estimate of drug-likeness (QED) is 0.768. The molecule has 1 aromatic heterocycles. The summed E-state index contributed by atoms with van der Waals surface area (Å²) < 4.78 is 18.4. The molecule has 0 aliphatic heterocycles. The first-order chi connectivity index (χ1) is 10.7. The minimum Gasteiger partial charge on any atom is -0.385 e. The highest BCUT2D eigenvalue weighted by molar-refractivity contribution is 6.03. The van der Waals surface area contributed by atoms with Crippen LogP contribution >= 0.6 is 0 Å². The molecule has 0 aliphatic carbocycles. The number of halogens is 1. The van der Waals surface area contributed by atoms with Gasteiger partial charge < -0.3 is 15.4 Å². The molecule has 0 radical (unpaired) electrons. The molecular weight excluding hydrogens is 287 g/mol. The van der Waals surface area contributed by atoms with Crippen molar-refractivity contribution in [3.05, 3.63) is 48.0 Å². The molecule has 7 heteroatoms. The molecule has 2 N–H and O–H groups in total. The van der Waals surface area contributed by atoms with Gasteiger partial charge in [-0.2, -0.15) is 0 Å². The molecule has 6 nitrogen and oxygen atoms in total. The molecular formula is C15H17FN4O2. The van der Waals surface area contributed by atoms with Crippen molar-refractivity contribution >= 4 is 17.5 Å². The van der Waals surface area contributed by atoms with Gasteiger partial charge in [0.05, 0.1) is 11.3 Å². The van der Waals surface area contributed by atoms with Crippen LogP contribution in [0, 0.1) is 5.82 Å². The van der Waals surface area contributed by atoms with E-state index in [9.17, 15) is 9.18 Å². The molecule has 0 aliphatic rings. The number of nitrogens with zero attached hydrogens (tertiary/aromatic N) is 2. The van der Waals surface area contributed by atoms with Gasteiger partial charge in [0.25, 0.3) is 5.91 Å². The van der Waals surface area contributed by atoms with Crippen molar-refractivity contribution in [3.63, 3.8) is 0 Å². The predicted molar refractivity (Wildman–Crippen MR) is 81.4 cm³/mol. The number of amides is 1. The van der Waals surface area contributed by atoms with Crippen LogP contribution in [0.25, 0.3) is 0 Å². The Hall–Kier alpha value is -2.54. The van der Waals surface area contributed by atoms with Crippen molar-refractivity contribution in [1.82, 2.24) is 9.97 Å². The van der Waals surface area contributed by atoms with E-state index in [1.165, 1.54) is 24.5 Å². The summed E-state index contributed by atoms with van der Waals surface area (Å²) >= 11 is 0. The fourth-order valence-corrected chi connectivity index (χ4v) is 1.71. The van der Waals surface area contributed by atoms with Crippen LogP contribution in [0.15, 0.2) is 36.7 Å². The molecule has 0 spiro atoms. The molecule has 2 rings (SSSR count). The largest absolute Gasteiger partial charge is 0.385 e. The van der Waals surface area contributed by atoms with E-state index in [0.29, 0.717) is 19.1 Å². The molecule has 1 aromatic carbocycles. The smallest absolute Gasteiger partial charge is 0.258 e. The maximum Gasteiger partial charge on any atom is 0.258 e. The zero-order chi connectivity index (χ0) is 15.8. The fourth-order valence-electron chi connectivity index (χ4n) is 1.71. The number of rotatable bonds is 7. The van der Waals surface area contributed by atoms with Crippen molar-refractivity contribution < 1.29 is 13.9 Å².